The first-order valence-corrected chi connectivity index (χ1v) is 26.4. The minimum atomic E-state index is -3.07. The van der Waals surface area contributed by atoms with Gasteiger partial charge in [0, 0.05) is 55.4 Å². The number of aliphatic hydroxyl groups excluding tert-OH is 1. The van der Waals surface area contributed by atoms with E-state index in [2.05, 4.69) is 10.3 Å². The SMILES string of the molecule is C[C@@H]1[C@@H]([Si](C)(C)O)[C@H](CCn2cc(C(CO)c3ccccc3)nn2)O[C@@]12C(=O)N(Cc1cccc(N3N=C(c4ccccc4)CCC3=O)c1)c1ccc(N3N=C(c4ccccc4)CCC3=O)cc12. The van der Waals surface area contributed by atoms with Crippen LogP contribution in [0, 0.1) is 5.92 Å². The van der Waals surface area contributed by atoms with Crippen molar-refractivity contribution in [2.75, 3.05) is 21.5 Å². The summed E-state index contributed by atoms with van der Waals surface area (Å²) in [4.78, 5) is 56.6. The summed E-state index contributed by atoms with van der Waals surface area (Å²) in [6, 6.07) is 42.4. The van der Waals surface area contributed by atoms with E-state index in [0.717, 1.165) is 33.7 Å². The van der Waals surface area contributed by atoms with Crippen LogP contribution in [0.1, 0.15) is 78.5 Å². The first-order chi connectivity index (χ1) is 32.9. The van der Waals surface area contributed by atoms with Gasteiger partial charge in [-0.1, -0.05) is 115 Å². The molecular formula is C53H54N8O6Si. The Morgan fingerprint density at radius 3 is 1.96 bits per heavy atom. The Hall–Kier alpha value is -6.91. The van der Waals surface area contributed by atoms with Crippen molar-refractivity contribution in [3.63, 3.8) is 0 Å². The zero-order valence-electron chi connectivity index (χ0n) is 38.4. The number of aliphatic hydroxyl groups is 1. The van der Waals surface area contributed by atoms with E-state index in [9.17, 15) is 19.5 Å². The fourth-order valence-corrected chi connectivity index (χ4v) is 13.3. The minimum Gasteiger partial charge on any atom is -0.432 e. The zero-order chi connectivity index (χ0) is 47.2. The van der Waals surface area contributed by atoms with Crippen LogP contribution in [0.15, 0.2) is 150 Å². The Kier molecular flexibility index (Phi) is 12.1. The summed E-state index contributed by atoms with van der Waals surface area (Å²) in [6.07, 6.45) is 3.31. The summed E-state index contributed by atoms with van der Waals surface area (Å²) in [5, 5.41) is 31.8. The van der Waals surface area contributed by atoms with Crippen LogP contribution in [-0.2, 0) is 37.8 Å². The van der Waals surface area contributed by atoms with Crippen molar-refractivity contribution in [3.8, 4) is 0 Å². The van der Waals surface area contributed by atoms with Gasteiger partial charge < -0.3 is 19.5 Å². The Balaban J connectivity index is 1.01. The predicted octanol–water partition coefficient (Wildman–Crippen LogP) is 7.90. The molecule has 3 amide bonds. The molecule has 5 atom stereocenters. The highest BCUT2D eigenvalue weighted by Gasteiger charge is 2.66. The third kappa shape index (κ3) is 8.29. The average Bonchev–Trinajstić information content (AvgIpc) is 4.02. The highest BCUT2D eigenvalue weighted by atomic mass is 28.4. The summed E-state index contributed by atoms with van der Waals surface area (Å²) in [7, 11) is -3.07. The molecule has 15 heteroatoms. The maximum absolute atomic E-state index is 15.7. The lowest BCUT2D eigenvalue weighted by atomic mass is 9.82. The smallest absolute Gasteiger partial charge is 0.264 e. The highest BCUT2D eigenvalue weighted by molar-refractivity contribution is 6.71. The van der Waals surface area contributed by atoms with Gasteiger partial charge in [0.1, 0.15) is 0 Å². The molecule has 4 aliphatic heterocycles. The number of rotatable bonds is 13. The topological polar surface area (TPSA) is 166 Å². The number of carbonyl (C=O) groups is 3. The highest BCUT2D eigenvalue weighted by Crippen LogP contribution is 2.60. The predicted molar refractivity (Wildman–Crippen MR) is 263 cm³/mol. The fraction of sp³-hybridized carbons (Fsp3) is 0.302. The number of hydrogen-bond donors (Lipinski definition) is 2. The van der Waals surface area contributed by atoms with Crippen LogP contribution in [0.4, 0.5) is 17.1 Å². The molecular weight excluding hydrogens is 873 g/mol. The lowest BCUT2D eigenvalue weighted by molar-refractivity contribution is -0.146. The second-order valence-electron chi connectivity index (χ2n) is 18.7. The lowest BCUT2D eigenvalue weighted by Gasteiger charge is -2.32. The molecule has 6 aromatic rings. The molecule has 2 N–H and O–H groups in total. The van der Waals surface area contributed by atoms with Crippen molar-refractivity contribution in [2.45, 2.75) is 88.4 Å². The molecule has 346 valence electrons. The molecule has 1 spiro atoms. The third-order valence-electron chi connectivity index (χ3n) is 13.9. The monoisotopic (exact) mass is 926 g/mol. The van der Waals surface area contributed by atoms with Gasteiger partial charge in [0.05, 0.1) is 59.4 Å². The molecule has 14 nitrogen and oxygen atoms in total. The Morgan fingerprint density at radius 1 is 0.750 bits per heavy atom. The van der Waals surface area contributed by atoms with Crippen LogP contribution >= 0.6 is 0 Å². The van der Waals surface area contributed by atoms with Gasteiger partial charge in [-0.2, -0.15) is 10.2 Å². The number of ether oxygens (including phenoxy) is 1. The minimum absolute atomic E-state index is 0.117. The fourth-order valence-electron chi connectivity index (χ4n) is 10.7. The lowest BCUT2D eigenvalue weighted by Crippen LogP contribution is -2.46. The molecule has 1 fully saturated rings. The largest absolute Gasteiger partial charge is 0.432 e. The van der Waals surface area contributed by atoms with Gasteiger partial charge in [0.2, 0.25) is 11.8 Å². The Bertz CT molecular complexity index is 2920. The first-order valence-electron chi connectivity index (χ1n) is 23.4. The van der Waals surface area contributed by atoms with E-state index in [1.807, 2.05) is 160 Å². The molecule has 1 unspecified atom stereocenters. The van der Waals surface area contributed by atoms with Crippen molar-refractivity contribution in [2.24, 2.45) is 16.1 Å². The standard InChI is InChI=1S/C53H54N8O6Si/c1-35-51(68(2,3)66)48(28-29-58-33-46(54-57-58)42(34-62)37-15-7-4-8-16-37)67-53(35)43-31-41(61-50(64)27-24-45(56-61)39-19-11-6-12-20-39)22-25-47(43)59(52(53)65)32-36-14-13-21-40(30-36)60-49(63)26-23-44(55-60)38-17-9-5-10-18-38/h4-22,25,30-31,33,35,42,48,51,62,66H,23-24,26-29,32,34H2,1-3H3/t35-,42?,48+,51-,53+/m1/s1. The first kappa shape index (κ1) is 44.9. The van der Waals surface area contributed by atoms with E-state index in [0.29, 0.717) is 60.5 Å². The van der Waals surface area contributed by atoms with Crippen LogP contribution in [0.25, 0.3) is 0 Å². The average molecular weight is 927 g/mol. The van der Waals surface area contributed by atoms with Crippen molar-refractivity contribution < 1.29 is 29.0 Å². The number of fused-ring (bicyclic) bond motifs is 2. The molecule has 5 heterocycles. The Morgan fingerprint density at radius 2 is 1.35 bits per heavy atom. The van der Waals surface area contributed by atoms with Crippen LogP contribution in [0.5, 0.6) is 0 Å². The molecule has 1 saturated heterocycles. The number of benzene rings is 5. The molecule has 0 saturated carbocycles. The van der Waals surface area contributed by atoms with E-state index in [1.54, 1.807) is 9.58 Å². The van der Waals surface area contributed by atoms with Gasteiger partial charge in [-0.3, -0.25) is 19.1 Å². The molecule has 68 heavy (non-hydrogen) atoms. The normalized spacial score (nSPS) is 22.2. The second kappa shape index (κ2) is 18.3. The number of amides is 3. The molecule has 5 aromatic carbocycles. The van der Waals surface area contributed by atoms with Gasteiger partial charge in [-0.15, -0.1) is 5.10 Å². The summed E-state index contributed by atoms with van der Waals surface area (Å²) < 4.78 is 8.98. The number of anilines is 3. The van der Waals surface area contributed by atoms with Crippen LogP contribution in [0.2, 0.25) is 18.6 Å². The van der Waals surface area contributed by atoms with E-state index in [1.165, 1.54) is 10.0 Å². The summed E-state index contributed by atoms with van der Waals surface area (Å²) in [5.74, 6) is -1.39. The third-order valence-corrected chi connectivity index (χ3v) is 16.4. The maximum Gasteiger partial charge on any atom is 0.264 e. The van der Waals surface area contributed by atoms with E-state index in [-0.39, 0.29) is 48.8 Å². The van der Waals surface area contributed by atoms with Gasteiger partial charge in [-0.05, 0) is 72.1 Å². The van der Waals surface area contributed by atoms with Crippen LogP contribution in [-0.4, -0.2) is 75.1 Å². The van der Waals surface area contributed by atoms with Gasteiger partial charge in [0.25, 0.3) is 5.91 Å². The van der Waals surface area contributed by atoms with Crippen LogP contribution < -0.4 is 14.9 Å². The maximum atomic E-state index is 15.7. The molecule has 0 bridgehead atoms. The Labute approximate surface area is 396 Å². The number of aromatic nitrogens is 3. The van der Waals surface area contributed by atoms with Crippen molar-refractivity contribution in [1.82, 2.24) is 15.0 Å². The summed E-state index contributed by atoms with van der Waals surface area (Å²) in [6.45, 7) is 6.18. The molecule has 0 radical (unpaired) electrons. The summed E-state index contributed by atoms with van der Waals surface area (Å²) in [5.41, 5.74) is 6.25. The van der Waals surface area contributed by atoms with Gasteiger partial charge in [0.15, 0.2) is 13.9 Å². The van der Waals surface area contributed by atoms with Crippen molar-refractivity contribution in [3.05, 3.63) is 173 Å². The molecule has 1 aromatic heterocycles. The number of nitrogens with zero attached hydrogens (tertiary/aromatic N) is 8. The number of aryl methyl sites for hydroxylation is 1. The van der Waals surface area contributed by atoms with E-state index < -0.39 is 25.9 Å². The number of hydrazone groups is 2. The van der Waals surface area contributed by atoms with Crippen molar-refractivity contribution in [1.29, 1.82) is 0 Å². The quantitative estimate of drug-likeness (QED) is 0.110. The van der Waals surface area contributed by atoms with Crippen molar-refractivity contribution >= 4 is 54.5 Å². The molecule has 4 aliphatic rings. The van der Waals surface area contributed by atoms with Gasteiger partial charge >= 0.3 is 0 Å². The number of carbonyl (C=O) groups excluding carboxylic acids is 3. The number of hydrogen-bond acceptors (Lipinski definition) is 10. The van der Waals surface area contributed by atoms with E-state index in [4.69, 9.17) is 14.9 Å². The van der Waals surface area contributed by atoms with Gasteiger partial charge in [-0.25, -0.2) is 10.0 Å². The second-order valence-corrected chi connectivity index (χ2v) is 22.7. The molecule has 10 rings (SSSR count). The van der Waals surface area contributed by atoms with E-state index >= 15 is 4.79 Å². The van der Waals surface area contributed by atoms with Crippen LogP contribution in [0.3, 0.4) is 0 Å². The zero-order valence-corrected chi connectivity index (χ0v) is 39.4. The summed E-state index contributed by atoms with van der Waals surface area (Å²) >= 11 is 0. The molecule has 0 aliphatic carbocycles.